The lowest BCUT2D eigenvalue weighted by atomic mass is 10.0. The van der Waals surface area contributed by atoms with Gasteiger partial charge < -0.3 is 14.9 Å². The molecule has 0 saturated heterocycles. The summed E-state index contributed by atoms with van der Waals surface area (Å²) in [6, 6.07) is 4.03. The molecule has 0 aliphatic rings. The number of ether oxygens (including phenoxy) is 1. The van der Waals surface area contributed by atoms with Crippen LogP contribution in [-0.4, -0.2) is 28.9 Å². The molecule has 0 aliphatic carbocycles. The maximum absolute atomic E-state index is 13.1. The van der Waals surface area contributed by atoms with Crippen molar-refractivity contribution in [1.29, 1.82) is 0 Å². The number of benzene rings is 1. The Balaban J connectivity index is 2.70. The van der Waals surface area contributed by atoms with Gasteiger partial charge in [-0.3, -0.25) is 4.79 Å². The molecular weight excluding hydrogens is 239 g/mol. The number of carbonyl (C=O) groups excluding carboxylic acids is 1. The molecule has 0 radical (unpaired) electrons. The summed E-state index contributed by atoms with van der Waals surface area (Å²) in [5.74, 6) is -0.964. The Morgan fingerprint density at radius 3 is 2.67 bits per heavy atom. The van der Waals surface area contributed by atoms with E-state index in [0.717, 1.165) is 0 Å². The maximum atomic E-state index is 13.1. The van der Waals surface area contributed by atoms with E-state index in [-0.39, 0.29) is 18.8 Å². The Labute approximate surface area is 105 Å². The molecule has 0 heterocycles. The molecule has 0 saturated carbocycles. The summed E-state index contributed by atoms with van der Waals surface area (Å²) in [6.07, 6.45) is -2.81. The molecule has 5 heteroatoms. The van der Waals surface area contributed by atoms with Gasteiger partial charge in [-0.2, -0.15) is 0 Å². The number of carbonyl (C=O) groups is 1. The van der Waals surface area contributed by atoms with Crippen LogP contribution < -0.4 is 0 Å². The minimum atomic E-state index is -1.27. The van der Waals surface area contributed by atoms with Crippen molar-refractivity contribution in [2.45, 2.75) is 32.5 Å². The van der Waals surface area contributed by atoms with Crippen LogP contribution in [0.5, 0.6) is 0 Å². The van der Waals surface area contributed by atoms with E-state index in [4.69, 9.17) is 0 Å². The van der Waals surface area contributed by atoms with Crippen molar-refractivity contribution in [2.75, 3.05) is 6.61 Å². The van der Waals surface area contributed by atoms with Crippen LogP contribution in [0, 0.1) is 12.7 Å². The van der Waals surface area contributed by atoms with Gasteiger partial charge in [0.2, 0.25) is 0 Å². The van der Waals surface area contributed by atoms with Crippen molar-refractivity contribution in [3.8, 4) is 0 Å². The van der Waals surface area contributed by atoms with E-state index in [0.29, 0.717) is 11.1 Å². The molecule has 0 fully saturated rings. The molecule has 2 N–H and O–H groups in total. The zero-order valence-electron chi connectivity index (χ0n) is 10.4. The molecule has 1 aromatic rings. The lowest BCUT2D eigenvalue weighted by Crippen LogP contribution is -2.23. The third kappa shape index (κ3) is 3.78. The highest BCUT2D eigenvalue weighted by atomic mass is 19.1. The summed E-state index contributed by atoms with van der Waals surface area (Å²) >= 11 is 0. The Kier molecular flexibility index (Phi) is 5.25. The van der Waals surface area contributed by atoms with E-state index < -0.39 is 18.2 Å². The van der Waals surface area contributed by atoms with Gasteiger partial charge in [0.15, 0.2) is 0 Å². The van der Waals surface area contributed by atoms with E-state index in [1.54, 1.807) is 13.8 Å². The molecule has 2 unspecified atom stereocenters. The number of rotatable bonds is 5. The maximum Gasteiger partial charge on any atom is 0.308 e. The van der Waals surface area contributed by atoms with Crippen molar-refractivity contribution in [3.63, 3.8) is 0 Å². The van der Waals surface area contributed by atoms with Crippen molar-refractivity contribution >= 4 is 5.97 Å². The SMILES string of the molecule is CCOC(=O)CC(O)C(O)c1ccc(F)c(C)c1. The van der Waals surface area contributed by atoms with E-state index in [2.05, 4.69) is 4.74 Å². The zero-order chi connectivity index (χ0) is 13.7. The molecule has 0 aromatic heterocycles. The van der Waals surface area contributed by atoms with Gasteiger partial charge in [0.1, 0.15) is 11.9 Å². The number of hydrogen-bond acceptors (Lipinski definition) is 4. The quantitative estimate of drug-likeness (QED) is 0.783. The number of halogens is 1. The number of aliphatic hydroxyl groups is 2. The van der Waals surface area contributed by atoms with Gasteiger partial charge in [-0.15, -0.1) is 0 Å². The summed E-state index contributed by atoms with van der Waals surface area (Å²) in [6.45, 7) is 3.44. The number of aryl methyl sites for hydroxylation is 1. The summed E-state index contributed by atoms with van der Waals surface area (Å²) in [7, 11) is 0. The smallest absolute Gasteiger partial charge is 0.308 e. The minimum absolute atomic E-state index is 0.220. The Bertz CT molecular complexity index is 419. The average molecular weight is 256 g/mol. The fraction of sp³-hybridized carbons (Fsp3) is 0.462. The lowest BCUT2D eigenvalue weighted by Gasteiger charge is -2.18. The first kappa shape index (κ1) is 14.6. The molecule has 2 atom stereocenters. The van der Waals surface area contributed by atoms with E-state index >= 15 is 0 Å². The number of aliphatic hydroxyl groups excluding tert-OH is 2. The molecule has 0 aliphatic heterocycles. The summed E-state index contributed by atoms with van der Waals surface area (Å²) in [5.41, 5.74) is 0.737. The molecule has 4 nitrogen and oxygen atoms in total. The van der Waals surface area contributed by atoms with Crippen LogP contribution in [0.3, 0.4) is 0 Å². The van der Waals surface area contributed by atoms with Gasteiger partial charge in [-0.1, -0.05) is 12.1 Å². The highest BCUT2D eigenvalue weighted by Gasteiger charge is 2.22. The monoisotopic (exact) mass is 256 g/mol. The van der Waals surface area contributed by atoms with Crippen LogP contribution in [0.15, 0.2) is 18.2 Å². The number of esters is 1. The van der Waals surface area contributed by atoms with Gasteiger partial charge in [-0.05, 0) is 31.0 Å². The molecule has 1 aromatic carbocycles. The summed E-state index contributed by atoms with van der Waals surface area (Å²) in [4.78, 5) is 11.2. The molecule has 1 rings (SSSR count). The predicted molar refractivity (Wildman–Crippen MR) is 63.4 cm³/mol. The first-order valence-electron chi connectivity index (χ1n) is 5.73. The summed E-state index contributed by atoms with van der Waals surface area (Å²) < 4.78 is 17.7. The van der Waals surface area contributed by atoms with Crippen LogP contribution in [0.25, 0.3) is 0 Å². The second-order valence-electron chi connectivity index (χ2n) is 4.03. The van der Waals surface area contributed by atoms with Crippen LogP contribution in [0.2, 0.25) is 0 Å². The first-order chi connectivity index (χ1) is 8.45. The van der Waals surface area contributed by atoms with Gasteiger partial charge in [-0.25, -0.2) is 4.39 Å². The summed E-state index contributed by atoms with van der Waals surface area (Å²) in [5, 5.41) is 19.5. The highest BCUT2D eigenvalue weighted by molar-refractivity contribution is 5.70. The van der Waals surface area contributed by atoms with Crippen LogP contribution in [-0.2, 0) is 9.53 Å². The highest BCUT2D eigenvalue weighted by Crippen LogP contribution is 2.21. The standard InChI is InChI=1S/C13H17FO4/c1-3-18-12(16)7-11(15)13(17)9-4-5-10(14)8(2)6-9/h4-6,11,13,15,17H,3,7H2,1-2H3. The fourth-order valence-electron chi connectivity index (χ4n) is 1.58. The molecule has 100 valence electrons. The molecule has 0 bridgehead atoms. The largest absolute Gasteiger partial charge is 0.466 e. The van der Waals surface area contributed by atoms with Gasteiger partial charge in [0.25, 0.3) is 0 Å². The second kappa shape index (κ2) is 6.47. The van der Waals surface area contributed by atoms with E-state index in [1.165, 1.54) is 18.2 Å². The Hall–Kier alpha value is -1.46. The van der Waals surface area contributed by atoms with Gasteiger partial charge in [0, 0.05) is 0 Å². The zero-order valence-corrected chi connectivity index (χ0v) is 10.4. The van der Waals surface area contributed by atoms with Crippen LogP contribution in [0.4, 0.5) is 4.39 Å². The normalized spacial score (nSPS) is 14.1. The van der Waals surface area contributed by atoms with Crippen LogP contribution >= 0.6 is 0 Å². The number of hydrogen-bond donors (Lipinski definition) is 2. The molecular formula is C13H17FO4. The van der Waals surface area contributed by atoms with Gasteiger partial charge >= 0.3 is 5.97 Å². The first-order valence-corrected chi connectivity index (χ1v) is 5.73. The second-order valence-corrected chi connectivity index (χ2v) is 4.03. The minimum Gasteiger partial charge on any atom is -0.466 e. The third-order valence-corrected chi connectivity index (χ3v) is 2.57. The fourth-order valence-corrected chi connectivity index (χ4v) is 1.58. The van der Waals surface area contributed by atoms with Crippen molar-refractivity contribution in [3.05, 3.63) is 35.1 Å². The van der Waals surface area contributed by atoms with Crippen LogP contribution in [0.1, 0.15) is 30.6 Å². The topological polar surface area (TPSA) is 66.8 Å². The third-order valence-electron chi connectivity index (χ3n) is 2.57. The van der Waals surface area contributed by atoms with Crippen molar-refractivity contribution < 1.29 is 24.1 Å². The lowest BCUT2D eigenvalue weighted by molar-refractivity contribution is -0.147. The molecule has 18 heavy (non-hydrogen) atoms. The van der Waals surface area contributed by atoms with E-state index in [1.807, 2.05) is 0 Å². The molecule has 0 spiro atoms. The van der Waals surface area contributed by atoms with Crippen molar-refractivity contribution in [1.82, 2.24) is 0 Å². The van der Waals surface area contributed by atoms with Gasteiger partial charge in [0.05, 0.1) is 19.1 Å². The average Bonchev–Trinajstić information content (AvgIpc) is 2.32. The Morgan fingerprint density at radius 2 is 2.11 bits per heavy atom. The molecule has 0 amide bonds. The van der Waals surface area contributed by atoms with Crippen molar-refractivity contribution in [2.24, 2.45) is 0 Å². The predicted octanol–water partition coefficient (Wildman–Crippen LogP) is 1.48. The van der Waals surface area contributed by atoms with E-state index in [9.17, 15) is 19.4 Å². The Morgan fingerprint density at radius 1 is 1.44 bits per heavy atom.